The van der Waals surface area contributed by atoms with E-state index in [0.29, 0.717) is 40.6 Å². The molecule has 4 nitrogen and oxygen atoms in total. The average molecular weight is 308 g/mol. The zero-order valence-corrected chi connectivity index (χ0v) is 12.8. The second kappa shape index (κ2) is 7.26. The van der Waals surface area contributed by atoms with Gasteiger partial charge in [0.15, 0.2) is 0 Å². The predicted octanol–water partition coefficient (Wildman–Crippen LogP) is 3.09. The molecule has 1 aromatic heterocycles. The Balaban J connectivity index is 1.73. The van der Waals surface area contributed by atoms with Crippen molar-refractivity contribution in [2.45, 2.75) is 19.6 Å². The lowest BCUT2D eigenvalue weighted by Crippen LogP contribution is -2.26. The maximum atomic E-state index is 13.4. The van der Waals surface area contributed by atoms with Crippen molar-refractivity contribution >= 4 is 17.7 Å². The molecule has 0 aliphatic heterocycles. The number of carbonyl (C=O) groups is 1. The minimum atomic E-state index is -0.190. The highest BCUT2D eigenvalue weighted by atomic mass is 32.2. The number of nitrogens with zero attached hydrogens (tertiary/aromatic N) is 1. The second-order valence-corrected chi connectivity index (χ2v) is 5.70. The Morgan fingerprint density at radius 3 is 2.81 bits per heavy atom. The number of carbonyl (C=O) groups excluding carboxylic acids is 1. The lowest BCUT2D eigenvalue weighted by molar-refractivity contribution is 0.0954. The zero-order chi connectivity index (χ0) is 15.2. The van der Waals surface area contributed by atoms with Gasteiger partial charge in [-0.05, 0) is 25.5 Å². The monoisotopic (exact) mass is 308 g/mol. The summed E-state index contributed by atoms with van der Waals surface area (Å²) in [5.41, 5.74) is 1.76. The van der Waals surface area contributed by atoms with Gasteiger partial charge < -0.3 is 9.84 Å². The SMILES string of the molecule is Cc1noc(C)c1C(=O)NCCSCc1ccccc1F. The van der Waals surface area contributed by atoms with Gasteiger partial charge in [0, 0.05) is 18.1 Å². The van der Waals surface area contributed by atoms with Gasteiger partial charge in [0.2, 0.25) is 0 Å². The van der Waals surface area contributed by atoms with Crippen molar-refractivity contribution < 1.29 is 13.7 Å². The molecule has 1 N–H and O–H groups in total. The van der Waals surface area contributed by atoms with Crippen LogP contribution >= 0.6 is 11.8 Å². The fourth-order valence-electron chi connectivity index (χ4n) is 1.93. The maximum absolute atomic E-state index is 13.4. The molecule has 0 unspecified atom stereocenters. The van der Waals surface area contributed by atoms with Crippen molar-refractivity contribution in [2.24, 2.45) is 0 Å². The van der Waals surface area contributed by atoms with Crippen LogP contribution in [-0.4, -0.2) is 23.4 Å². The molecule has 1 aromatic carbocycles. The Bertz CT molecular complexity index is 608. The summed E-state index contributed by atoms with van der Waals surface area (Å²) in [5.74, 6) is 1.45. The van der Waals surface area contributed by atoms with Gasteiger partial charge in [-0.2, -0.15) is 11.8 Å². The van der Waals surface area contributed by atoms with Crippen molar-refractivity contribution in [3.8, 4) is 0 Å². The van der Waals surface area contributed by atoms with Crippen LogP contribution in [0, 0.1) is 19.7 Å². The molecule has 0 fully saturated rings. The first-order valence-electron chi connectivity index (χ1n) is 6.62. The largest absolute Gasteiger partial charge is 0.361 e. The highest BCUT2D eigenvalue weighted by Gasteiger charge is 2.16. The number of thioether (sulfide) groups is 1. The van der Waals surface area contributed by atoms with Crippen LogP contribution in [0.15, 0.2) is 28.8 Å². The molecule has 2 aromatic rings. The number of hydrogen-bond acceptors (Lipinski definition) is 4. The number of aryl methyl sites for hydroxylation is 2. The smallest absolute Gasteiger partial charge is 0.256 e. The van der Waals surface area contributed by atoms with Crippen molar-refractivity contribution in [1.29, 1.82) is 0 Å². The van der Waals surface area contributed by atoms with Crippen LogP contribution in [0.5, 0.6) is 0 Å². The fourth-order valence-corrected chi connectivity index (χ4v) is 2.77. The van der Waals surface area contributed by atoms with E-state index in [4.69, 9.17) is 4.52 Å². The maximum Gasteiger partial charge on any atom is 0.256 e. The number of halogens is 1. The summed E-state index contributed by atoms with van der Waals surface area (Å²) in [6.07, 6.45) is 0. The number of hydrogen-bond donors (Lipinski definition) is 1. The van der Waals surface area contributed by atoms with E-state index < -0.39 is 0 Å². The van der Waals surface area contributed by atoms with E-state index in [1.165, 1.54) is 6.07 Å². The molecule has 6 heteroatoms. The van der Waals surface area contributed by atoms with Crippen LogP contribution in [0.1, 0.15) is 27.4 Å². The Morgan fingerprint density at radius 1 is 1.38 bits per heavy atom. The van der Waals surface area contributed by atoms with Crippen molar-refractivity contribution in [3.05, 3.63) is 52.7 Å². The average Bonchev–Trinajstić information content (AvgIpc) is 2.79. The number of rotatable bonds is 6. The number of amides is 1. The van der Waals surface area contributed by atoms with E-state index in [1.807, 2.05) is 6.07 Å². The fraction of sp³-hybridized carbons (Fsp3) is 0.333. The number of aromatic nitrogens is 1. The summed E-state index contributed by atoms with van der Waals surface area (Å²) in [6.45, 7) is 3.96. The summed E-state index contributed by atoms with van der Waals surface area (Å²) in [5, 5.41) is 6.56. The first-order chi connectivity index (χ1) is 10.1. The van der Waals surface area contributed by atoms with Crippen LogP contribution in [-0.2, 0) is 5.75 Å². The summed E-state index contributed by atoms with van der Waals surface area (Å²) < 4.78 is 18.4. The van der Waals surface area contributed by atoms with Gasteiger partial charge in [0.25, 0.3) is 5.91 Å². The Kier molecular flexibility index (Phi) is 5.38. The highest BCUT2D eigenvalue weighted by Crippen LogP contribution is 2.15. The standard InChI is InChI=1S/C15H17FN2O2S/c1-10-14(11(2)20-18-10)15(19)17-7-8-21-9-12-5-3-4-6-13(12)16/h3-6H,7-9H2,1-2H3,(H,17,19). The van der Waals surface area contributed by atoms with Crippen LogP contribution in [0.4, 0.5) is 4.39 Å². The van der Waals surface area contributed by atoms with Gasteiger partial charge in [-0.25, -0.2) is 4.39 Å². The topological polar surface area (TPSA) is 55.1 Å². The van der Waals surface area contributed by atoms with Crippen LogP contribution in [0.2, 0.25) is 0 Å². The van der Waals surface area contributed by atoms with E-state index in [2.05, 4.69) is 10.5 Å². The first-order valence-corrected chi connectivity index (χ1v) is 7.77. The van der Waals surface area contributed by atoms with E-state index in [-0.39, 0.29) is 11.7 Å². The van der Waals surface area contributed by atoms with Crippen LogP contribution in [0.3, 0.4) is 0 Å². The summed E-state index contributed by atoms with van der Waals surface area (Å²) in [7, 11) is 0. The van der Waals surface area contributed by atoms with Crippen LogP contribution < -0.4 is 5.32 Å². The van der Waals surface area contributed by atoms with E-state index >= 15 is 0 Å². The van der Waals surface area contributed by atoms with Crippen molar-refractivity contribution in [1.82, 2.24) is 10.5 Å². The first kappa shape index (κ1) is 15.6. The summed E-state index contributed by atoms with van der Waals surface area (Å²) >= 11 is 1.57. The molecule has 0 bridgehead atoms. The van der Waals surface area contributed by atoms with Crippen molar-refractivity contribution in [3.63, 3.8) is 0 Å². The molecule has 0 saturated carbocycles. The molecule has 0 aliphatic carbocycles. The second-order valence-electron chi connectivity index (χ2n) is 4.60. The van der Waals surface area contributed by atoms with E-state index in [1.54, 1.807) is 37.7 Å². The van der Waals surface area contributed by atoms with Gasteiger partial charge in [0.05, 0.1) is 5.69 Å². The molecule has 0 spiro atoms. The van der Waals surface area contributed by atoms with Gasteiger partial charge in [-0.15, -0.1) is 0 Å². The Hall–Kier alpha value is -1.82. The minimum absolute atomic E-state index is 0.183. The Morgan fingerprint density at radius 2 is 2.14 bits per heavy atom. The third-order valence-electron chi connectivity index (χ3n) is 3.01. The van der Waals surface area contributed by atoms with Gasteiger partial charge in [-0.1, -0.05) is 23.4 Å². The summed E-state index contributed by atoms with van der Waals surface area (Å²) in [4.78, 5) is 12.0. The third kappa shape index (κ3) is 4.07. The predicted molar refractivity (Wildman–Crippen MR) is 80.9 cm³/mol. The van der Waals surface area contributed by atoms with E-state index in [0.717, 1.165) is 0 Å². The lowest BCUT2D eigenvalue weighted by Gasteiger charge is -2.05. The molecule has 112 valence electrons. The lowest BCUT2D eigenvalue weighted by atomic mass is 10.2. The normalized spacial score (nSPS) is 10.6. The number of nitrogens with one attached hydrogen (secondary N) is 1. The van der Waals surface area contributed by atoms with Gasteiger partial charge in [0.1, 0.15) is 17.1 Å². The molecule has 1 heterocycles. The molecule has 0 aliphatic rings. The molecule has 2 rings (SSSR count). The van der Waals surface area contributed by atoms with Crippen molar-refractivity contribution in [2.75, 3.05) is 12.3 Å². The van der Waals surface area contributed by atoms with Crippen LogP contribution in [0.25, 0.3) is 0 Å². The molecule has 0 saturated heterocycles. The minimum Gasteiger partial charge on any atom is -0.361 e. The zero-order valence-electron chi connectivity index (χ0n) is 12.0. The number of benzene rings is 1. The summed E-state index contributed by atoms with van der Waals surface area (Å²) in [6, 6.07) is 6.71. The molecule has 1 amide bonds. The molecule has 0 radical (unpaired) electrons. The quantitative estimate of drug-likeness (QED) is 0.833. The molecular weight excluding hydrogens is 291 g/mol. The highest BCUT2D eigenvalue weighted by molar-refractivity contribution is 7.98. The van der Waals surface area contributed by atoms with Gasteiger partial charge >= 0.3 is 0 Å². The molecular formula is C15H17FN2O2S. The Labute approximate surface area is 127 Å². The molecule has 21 heavy (non-hydrogen) atoms. The van der Waals surface area contributed by atoms with E-state index in [9.17, 15) is 9.18 Å². The third-order valence-corrected chi connectivity index (χ3v) is 4.02. The molecule has 0 atom stereocenters. The van der Waals surface area contributed by atoms with Gasteiger partial charge in [-0.3, -0.25) is 4.79 Å².